The van der Waals surface area contributed by atoms with Crippen LogP contribution in [0.5, 0.6) is 0 Å². The Morgan fingerprint density at radius 3 is 2.65 bits per heavy atom. The molecule has 0 spiro atoms. The highest BCUT2D eigenvalue weighted by Crippen LogP contribution is 2.28. The van der Waals surface area contributed by atoms with Crippen molar-refractivity contribution in [3.05, 3.63) is 59.5 Å². The summed E-state index contributed by atoms with van der Waals surface area (Å²) >= 11 is 1.27. The Hall–Kier alpha value is -2.56. The molecule has 1 fully saturated rings. The summed E-state index contributed by atoms with van der Waals surface area (Å²) < 4.78 is 29.3. The Balaban J connectivity index is 1.40. The van der Waals surface area contributed by atoms with E-state index in [2.05, 4.69) is 15.4 Å². The van der Waals surface area contributed by atoms with E-state index in [-0.39, 0.29) is 24.4 Å². The molecule has 1 amide bonds. The molecule has 4 rings (SSSR count). The molecule has 1 aliphatic rings. The van der Waals surface area contributed by atoms with Gasteiger partial charge in [0.2, 0.25) is 5.91 Å². The maximum absolute atomic E-state index is 12.9. The van der Waals surface area contributed by atoms with Gasteiger partial charge in [0.15, 0.2) is 0 Å². The van der Waals surface area contributed by atoms with E-state index in [4.69, 9.17) is 0 Å². The van der Waals surface area contributed by atoms with Crippen molar-refractivity contribution >= 4 is 27.3 Å². The maximum Gasteiger partial charge on any atom is 0.252 e. The van der Waals surface area contributed by atoms with Crippen LogP contribution in [0.3, 0.4) is 0 Å². The molecule has 2 aromatic heterocycles. The monoisotopic (exact) mass is 459 g/mol. The highest BCUT2D eigenvalue weighted by molar-refractivity contribution is 7.91. The van der Waals surface area contributed by atoms with Gasteiger partial charge in [0, 0.05) is 18.0 Å². The molecule has 0 bridgehead atoms. The summed E-state index contributed by atoms with van der Waals surface area (Å²) in [4.78, 5) is 17.8. The third-order valence-electron chi connectivity index (χ3n) is 5.50. The van der Waals surface area contributed by atoms with Crippen molar-refractivity contribution in [1.82, 2.24) is 24.4 Å². The van der Waals surface area contributed by atoms with Crippen molar-refractivity contribution in [3.8, 4) is 5.69 Å². The van der Waals surface area contributed by atoms with E-state index in [1.54, 1.807) is 17.1 Å². The van der Waals surface area contributed by atoms with Gasteiger partial charge < -0.3 is 5.32 Å². The SMILES string of the molecule is Cc1ccc(S(=O)(=O)N2CCCC(C(=O)NC(C)c3ccc(-n4cncn4)cc3)C2)s1. The molecule has 0 aliphatic carbocycles. The Kier molecular flexibility index (Phi) is 6.22. The average Bonchev–Trinajstić information content (AvgIpc) is 3.46. The molecule has 3 heterocycles. The van der Waals surface area contributed by atoms with E-state index in [0.717, 1.165) is 16.1 Å². The molecule has 1 saturated heterocycles. The fraction of sp³-hybridized carbons (Fsp3) is 0.381. The van der Waals surface area contributed by atoms with E-state index < -0.39 is 10.0 Å². The summed E-state index contributed by atoms with van der Waals surface area (Å²) in [7, 11) is -3.56. The minimum Gasteiger partial charge on any atom is -0.349 e. The van der Waals surface area contributed by atoms with Crippen LogP contribution in [0.1, 0.15) is 36.2 Å². The lowest BCUT2D eigenvalue weighted by atomic mass is 9.98. The predicted molar refractivity (Wildman–Crippen MR) is 118 cm³/mol. The number of hydrogen-bond acceptors (Lipinski definition) is 6. The summed E-state index contributed by atoms with van der Waals surface area (Å²) in [6.07, 6.45) is 4.45. The zero-order valence-electron chi connectivity index (χ0n) is 17.4. The number of aromatic nitrogens is 3. The first kappa shape index (κ1) is 21.7. The largest absolute Gasteiger partial charge is 0.349 e. The second-order valence-electron chi connectivity index (χ2n) is 7.73. The number of carbonyl (C=O) groups excluding carboxylic acids is 1. The highest BCUT2D eigenvalue weighted by Gasteiger charge is 2.34. The van der Waals surface area contributed by atoms with Gasteiger partial charge in [-0.25, -0.2) is 18.1 Å². The van der Waals surface area contributed by atoms with Crippen molar-refractivity contribution in [3.63, 3.8) is 0 Å². The average molecular weight is 460 g/mol. The second-order valence-corrected chi connectivity index (χ2v) is 11.2. The molecule has 31 heavy (non-hydrogen) atoms. The number of nitrogens with one attached hydrogen (secondary N) is 1. The van der Waals surface area contributed by atoms with Gasteiger partial charge in [-0.2, -0.15) is 9.40 Å². The number of rotatable bonds is 6. The van der Waals surface area contributed by atoms with Crippen LogP contribution in [0.15, 0.2) is 53.3 Å². The Morgan fingerprint density at radius 1 is 1.23 bits per heavy atom. The number of amides is 1. The van der Waals surface area contributed by atoms with Crippen LogP contribution < -0.4 is 5.32 Å². The quantitative estimate of drug-likeness (QED) is 0.611. The van der Waals surface area contributed by atoms with Gasteiger partial charge in [0.1, 0.15) is 16.9 Å². The van der Waals surface area contributed by atoms with E-state index in [1.807, 2.05) is 44.2 Å². The van der Waals surface area contributed by atoms with Crippen LogP contribution in [0.2, 0.25) is 0 Å². The zero-order chi connectivity index (χ0) is 22.0. The van der Waals surface area contributed by atoms with Gasteiger partial charge in [-0.3, -0.25) is 4.79 Å². The lowest BCUT2D eigenvalue weighted by Crippen LogP contribution is -2.45. The summed E-state index contributed by atoms with van der Waals surface area (Å²) in [5, 5.41) is 7.15. The van der Waals surface area contributed by atoms with Crippen molar-refractivity contribution in [1.29, 1.82) is 0 Å². The number of benzene rings is 1. The Bertz CT molecular complexity index is 1140. The number of nitrogens with zero attached hydrogens (tertiary/aromatic N) is 4. The number of sulfonamides is 1. The predicted octanol–water partition coefficient (Wildman–Crippen LogP) is 2.92. The minimum atomic E-state index is -3.56. The van der Waals surface area contributed by atoms with Gasteiger partial charge in [-0.1, -0.05) is 12.1 Å². The van der Waals surface area contributed by atoms with Crippen molar-refractivity contribution in [2.24, 2.45) is 5.92 Å². The first-order chi connectivity index (χ1) is 14.8. The van der Waals surface area contributed by atoms with Crippen LogP contribution in [-0.4, -0.2) is 46.5 Å². The number of carbonyl (C=O) groups is 1. The van der Waals surface area contributed by atoms with Crippen LogP contribution >= 0.6 is 11.3 Å². The topological polar surface area (TPSA) is 97.2 Å². The third kappa shape index (κ3) is 4.70. The fourth-order valence-electron chi connectivity index (χ4n) is 3.72. The van der Waals surface area contributed by atoms with Crippen molar-refractivity contribution in [2.75, 3.05) is 13.1 Å². The van der Waals surface area contributed by atoms with Gasteiger partial charge in [-0.15, -0.1) is 11.3 Å². The summed E-state index contributed by atoms with van der Waals surface area (Å²) in [5.41, 5.74) is 1.85. The molecule has 2 unspecified atom stereocenters. The van der Waals surface area contributed by atoms with Gasteiger partial charge in [-0.05, 0) is 56.5 Å². The smallest absolute Gasteiger partial charge is 0.252 e. The Morgan fingerprint density at radius 2 is 2.00 bits per heavy atom. The van der Waals surface area contributed by atoms with Gasteiger partial charge in [0.05, 0.1) is 17.6 Å². The van der Waals surface area contributed by atoms with Crippen molar-refractivity contribution < 1.29 is 13.2 Å². The van der Waals surface area contributed by atoms with Gasteiger partial charge in [0.25, 0.3) is 10.0 Å². The fourth-order valence-corrected chi connectivity index (χ4v) is 6.69. The first-order valence-corrected chi connectivity index (χ1v) is 12.4. The Labute approximate surface area is 186 Å². The number of thiophene rings is 1. The molecular formula is C21H25N5O3S2. The molecule has 0 radical (unpaired) electrons. The molecule has 164 valence electrons. The lowest BCUT2D eigenvalue weighted by Gasteiger charge is -2.31. The molecule has 1 aliphatic heterocycles. The normalized spacial score (nSPS) is 18.6. The zero-order valence-corrected chi connectivity index (χ0v) is 19.1. The van der Waals surface area contributed by atoms with Gasteiger partial charge >= 0.3 is 0 Å². The lowest BCUT2D eigenvalue weighted by molar-refractivity contribution is -0.126. The van der Waals surface area contributed by atoms with Crippen LogP contribution in [-0.2, 0) is 14.8 Å². The molecule has 1 N–H and O–H groups in total. The van der Waals surface area contributed by atoms with E-state index in [1.165, 1.54) is 22.0 Å². The summed E-state index contributed by atoms with van der Waals surface area (Å²) in [5.74, 6) is -0.475. The molecule has 10 heteroatoms. The standard InChI is InChI=1S/C21H25N5O3S2/c1-15-5-10-20(30-15)31(28,29)25-11-3-4-18(12-25)21(27)24-16(2)17-6-8-19(9-7-17)26-14-22-13-23-26/h5-10,13-14,16,18H,3-4,11-12H2,1-2H3,(H,24,27). The number of hydrogen-bond donors (Lipinski definition) is 1. The first-order valence-electron chi connectivity index (χ1n) is 10.2. The van der Waals surface area contributed by atoms with Crippen LogP contribution in [0.4, 0.5) is 0 Å². The number of piperidine rings is 1. The molecule has 3 aromatic rings. The minimum absolute atomic E-state index is 0.116. The second kappa shape index (κ2) is 8.89. The molecule has 8 nitrogen and oxygen atoms in total. The van der Waals surface area contributed by atoms with E-state index >= 15 is 0 Å². The summed E-state index contributed by atoms with van der Waals surface area (Å²) in [6.45, 7) is 4.47. The number of aryl methyl sites for hydroxylation is 1. The molecule has 0 saturated carbocycles. The van der Waals surface area contributed by atoms with E-state index in [0.29, 0.717) is 23.6 Å². The van der Waals surface area contributed by atoms with Crippen LogP contribution in [0, 0.1) is 12.8 Å². The van der Waals surface area contributed by atoms with E-state index in [9.17, 15) is 13.2 Å². The highest BCUT2D eigenvalue weighted by atomic mass is 32.2. The molecule has 1 aromatic carbocycles. The van der Waals surface area contributed by atoms with Crippen molar-refractivity contribution in [2.45, 2.75) is 36.9 Å². The molecular weight excluding hydrogens is 434 g/mol. The summed E-state index contributed by atoms with van der Waals surface area (Å²) in [6, 6.07) is 11.0. The third-order valence-corrected chi connectivity index (χ3v) is 8.83. The molecule has 2 atom stereocenters. The van der Waals surface area contributed by atoms with Crippen LogP contribution in [0.25, 0.3) is 5.69 Å². The maximum atomic E-state index is 12.9.